The molecule has 1 heterocycles. The first kappa shape index (κ1) is 12.7. The Morgan fingerprint density at radius 1 is 1.32 bits per heavy atom. The van der Waals surface area contributed by atoms with Crippen molar-refractivity contribution in [1.29, 1.82) is 0 Å². The second-order valence-electron chi connectivity index (χ2n) is 3.91. The minimum absolute atomic E-state index is 0.104. The summed E-state index contributed by atoms with van der Waals surface area (Å²) < 4.78 is 0. The van der Waals surface area contributed by atoms with Gasteiger partial charge in [0.25, 0.3) is 5.91 Å². The zero-order valence-corrected chi connectivity index (χ0v) is 10.2. The molecule has 0 unspecified atom stereocenters. The van der Waals surface area contributed by atoms with Gasteiger partial charge in [-0.15, -0.1) is 5.10 Å². The van der Waals surface area contributed by atoms with E-state index in [9.17, 15) is 9.59 Å². The van der Waals surface area contributed by atoms with Crippen molar-refractivity contribution in [2.75, 3.05) is 13.6 Å². The molecule has 7 heteroatoms. The van der Waals surface area contributed by atoms with Gasteiger partial charge < -0.3 is 10.0 Å². The third kappa shape index (κ3) is 2.95. The van der Waals surface area contributed by atoms with Crippen LogP contribution >= 0.6 is 0 Å². The fourth-order valence-electron chi connectivity index (χ4n) is 1.52. The minimum Gasteiger partial charge on any atom is -0.480 e. The van der Waals surface area contributed by atoms with Crippen molar-refractivity contribution in [3.05, 3.63) is 42.2 Å². The summed E-state index contributed by atoms with van der Waals surface area (Å²) in [6.45, 7) is -0.378. The number of rotatable bonds is 4. The Hall–Kier alpha value is -2.70. The lowest BCUT2D eigenvalue weighted by Crippen LogP contribution is -2.32. The number of amides is 1. The number of nitrogens with zero attached hydrogens (tertiary/aromatic N) is 4. The van der Waals surface area contributed by atoms with Crippen molar-refractivity contribution in [1.82, 2.24) is 19.9 Å². The van der Waals surface area contributed by atoms with Crippen LogP contribution < -0.4 is 0 Å². The molecule has 0 fully saturated rings. The number of aliphatic carboxylic acids is 1. The molecule has 0 bridgehead atoms. The zero-order valence-electron chi connectivity index (χ0n) is 10.2. The van der Waals surface area contributed by atoms with Crippen LogP contribution in [-0.4, -0.2) is 50.5 Å². The molecule has 2 aromatic rings. The second-order valence-corrected chi connectivity index (χ2v) is 3.91. The Bertz CT molecular complexity index is 594. The van der Waals surface area contributed by atoms with E-state index >= 15 is 0 Å². The molecule has 98 valence electrons. The number of aromatic nitrogens is 3. The van der Waals surface area contributed by atoms with Crippen LogP contribution in [0.3, 0.4) is 0 Å². The van der Waals surface area contributed by atoms with Gasteiger partial charge in [0.05, 0.1) is 11.9 Å². The van der Waals surface area contributed by atoms with Gasteiger partial charge in [-0.1, -0.05) is 18.2 Å². The summed E-state index contributed by atoms with van der Waals surface area (Å²) in [4.78, 5) is 24.8. The van der Waals surface area contributed by atoms with Gasteiger partial charge in [0.2, 0.25) is 0 Å². The highest BCUT2D eigenvalue weighted by Crippen LogP contribution is 2.05. The topological polar surface area (TPSA) is 88.3 Å². The molecule has 1 N–H and O–H groups in total. The SMILES string of the molecule is CN(CC(=O)O)C(=O)c1cnn(-c2ccccc2)n1. The quantitative estimate of drug-likeness (QED) is 0.860. The van der Waals surface area contributed by atoms with E-state index in [1.54, 1.807) is 12.1 Å². The molecular formula is C12H12N4O3. The Balaban J connectivity index is 2.17. The summed E-state index contributed by atoms with van der Waals surface area (Å²) >= 11 is 0. The summed E-state index contributed by atoms with van der Waals surface area (Å²) in [7, 11) is 1.40. The summed E-state index contributed by atoms with van der Waals surface area (Å²) in [6, 6.07) is 9.12. The average molecular weight is 260 g/mol. The molecule has 1 amide bonds. The third-order valence-electron chi connectivity index (χ3n) is 2.42. The van der Waals surface area contributed by atoms with Crippen LogP contribution in [0.25, 0.3) is 5.69 Å². The molecular weight excluding hydrogens is 248 g/mol. The molecule has 0 atom stereocenters. The molecule has 0 saturated heterocycles. The van der Waals surface area contributed by atoms with Crippen molar-refractivity contribution in [2.24, 2.45) is 0 Å². The van der Waals surface area contributed by atoms with Gasteiger partial charge in [0, 0.05) is 7.05 Å². The van der Waals surface area contributed by atoms with Gasteiger partial charge in [-0.2, -0.15) is 9.90 Å². The van der Waals surface area contributed by atoms with Gasteiger partial charge in [0.15, 0.2) is 5.69 Å². The van der Waals surface area contributed by atoms with E-state index in [4.69, 9.17) is 5.11 Å². The first-order valence-electron chi connectivity index (χ1n) is 5.53. The Labute approximate surface area is 109 Å². The van der Waals surface area contributed by atoms with Crippen LogP contribution in [0, 0.1) is 0 Å². The fraction of sp³-hybridized carbons (Fsp3) is 0.167. The molecule has 19 heavy (non-hydrogen) atoms. The van der Waals surface area contributed by atoms with Crippen LogP contribution in [0.2, 0.25) is 0 Å². The maximum absolute atomic E-state index is 11.9. The smallest absolute Gasteiger partial charge is 0.323 e. The summed E-state index contributed by atoms with van der Waals surface area (Å²) in [6.07, 6.45) is 1.31. The highest BCUT2D eigenvalue weighted by Gasteiger charge is 2.17. The Kier molecular flexibility index (Phi) is 3.56. The number of para-hydroxylation sites is 1. The Morgan fingerprint density at radius 3 is 2.63 bits per heavy atom. The predicted octanol–water partition coefficient (Wildman–Crippen LogP) is 0.424. The number of benzene rings is 1. The number of hydrogen-bond donors (Lipinski definition) is 1. The highest BCUT2D eigenvalue weighted by atomic mass is 16.4. The molecule has 0 aliphatic rings. The molecule has 0 spiro atoms. The summed E-state index contributed by atoms with van der Waals surface area (Å²) in [5, 5.41) is 16.6. The molecule has 1 aromatic heterocycles. The number of carbonyl (C=O) groups excluding carboxylic acids is 1. The van der Waals surface area contributed by atoms with Crippen molar-refractivity contribution < 1.29 is 14.7 Å². The van der Waals surface area contributed by atoms with E-state index in [1.165, 1.54) is 18.0 Å². The second kappa shape index (κ2) is 5.30. The molecule has 0 radical (unpaired) electrons. The van der Waals surface area contributed by atoms with E-state index in [0.29, 0.717) is 0 Å². The Morgan fingerprint density at radius 2 is 2.00 bits per heavy atom. The maximum atomic E-state index is 11.9. The lowest BCUT2D eigenvalue weighted by molar-refractivity contribution is -0.137. The van der Waals surface area contributed by atoms with Gasteiger partial charge >= 0.3 is 5.97 Å². The van der Waals surface area contributed by atoms with Crippen LogP contribution in [0.15, 0.2) is 36.5 Å². The van der Waals surface area contributed by atoms with E-state index in [1.807, 2.05) is 18.2 Å². The van der Waals surface area contributed by atoms with E-state index in [0.717, 1.165) is 10.6 Å². The molecule has 0 saturated carbocycles. The fourth-order valence-corrected chi connectivity index (χ4v) is 1.52. The van der Waals surface area contributed by atoms with Gasteiger partial charge in [-0.25, -0.2) is 0 Å². The van der Waals surface area contributed by atoms with Crippen molar-refractivity contribution in [3.8, 4) is 5.69 Å². The van der Waals surface area contributed by atoms with Crippen LogP contribution in [0.5, 0.6) is 0 Å². The predicted molar refractivity (Wildman–Crippen MR) is 66.0 cm³/mol. The van der Waals surface area contributed by atoms with Crippen molar-refractivity contribution >= 4 is 11.9 Å². The van der Waals surface area contributed by atoms with E-state index in [-0.39, 0.29) is 12.2 Å². The number of hydrogen-bond acceptors (Lipinski definition) is 4. The first-order chi connectivity index (χ1) is 9.08. The normalized spacial score (nSPS) is 10.2. The molecule has 0 aliphatic heterocycles. The van der Waals surface area contributed by atoms with Gasteiger partial charge in [0.1, 0.15) is 6.54 Å². The number of carboxylic acid groups (broad SMARTS) is 1. The van der Waals surface area contributed by atoms with E-state index in [2.05, 4.69) is 10.2 Å². The van der Waals surface area contributed by atoms with Gasteiger partial charge in [-0.05, 0) is 12.1 Å². The van der Waals surface area contributed by atoms with Crippen LogP contribution in [0.1, 0.15) is 10.5 Å². The molecule has 7 nitrogen and oxygen atoms in total. The van der Waals surface area contributed by atoms with Crippen molar-refractivity contribution in [3.63, 3.8) is 0 Å². The summed E-state index contributed by atoms with van der Waals surface area (Å²) in [5.74, 6) is -1.56. The largest absolute Gasteiger partial charge is 0.480 e. The van der Waals surface area contributed by atoms with Crippen LogP contribution in [-0.2, 0) is 4.79 Å². The minimum atomic E-state index is -1.08. The zero-order chi connectivity index (χ0) is 13.8. The van der Waals surface area contributed by atoms with Crippen molar-refractivity contribution in [2.45, 2.75) is 0 Å². The lowest BCUT2D eigenvalue weighted by Gasteiger charge is -2.11. The maximum Gasteiger partial charge on any atom is 0.323 e. The highest BCUT2D eigenvalue weighted by molar-refractivity contribution is 5.93. The molecule has 0 aliphatic carbocycles. The van der Waals surface area contributed by atoms with E-state index < -0.39 is 11.9 Å². The molecule has 1 aromatic carbocycles. The summed E-state index contributed by atoms with van der Waals surface area (Å²) in [5.41, 5.74) is 0.829. The monoisotopic (exact) mass is 260 g/mol. The third-order valence-corrected chi connectivity index (χ3v) is 2.42. The average Bonchev–Trinajstić information content (AvgIpc) is 2.87. The molecule has 2 rings (SSSR count). The first-order valence-corrected chi connectivity index (χ1v) is 5.53. The van der Waals surface area contributed by atoms with Crippen LogP contribution in [0.4, 0.5) is 0 Å². The number of carbonyl (C=O) groups is 2. The van der Waals surface area contributed by atoms with Gasteiger partial charge in [-0.3, -0.25) is 9.59 Å². The number of likely N-dealkylation sites (N-methyl/N-ethyl adjacent to an activating group) is 1. The lowest BCUT2D eigenvalue weighted by atomic mass is 10.3. The number of carboxylic acids is 1. The standard InChI is InChI=1S/C12H12N4O3/c1-15(8-11(17)18)12(19)10-7-13-16(14-10)9-5-3-2-4-6-9/h2-7H,8H2,1H3,(H,17,18).